The van der Waals surface area contributed by atoms with E-state index in [0.29, 0.717) is 15.3 Å². The highest BCUT2D eigenvalue weighted by Gasteiger charge is 2.19. The Morgan fingerprint density at radius 1 is 1.10 bits per heavy atom. The van der Waals surface area contributed by atoms with E-state index in [1.165, 1.54) is 12.3 Å². The lowest BCUT2D eigenvalue weighted by atomic mass is 10.1. The number of rotatable bonds is 5. The van der Waals surface area contributed by atoms with Gasteiger partial charge in [-0.25, -0.2) is 14.6 Å². The fourth-order valence-electron chi connectivity index (χ4n) is 2.92. The summed E-state index contributed by atoms with van der Waals surface area (Å²) in [5, 5.41) is 6.71. The summed E-state index contributed by atoms with van der Waals surface area (Å²) >= 11 is 15.6. The van der Waals surface area contributed by atoms with Crippen LogP contribution in [0, 0.1) is 12.9 Å². The van der Waals surface area contributed by atoms with E-state index in [9.17, 15) is 4.39 Å². The highest BCUT2D eigenvalue weighted by atomic mass is 35.5. The first kappa shape index (κ1) is 21.3. The van der Waals surface area contributed by atoms with Gasteiger partial charge in [-0.15, -0.1) is 11.8 Å². The third kappa shape index (κ3) is 4.39. The first-order chi connectivity index (χ1) is 14.3. The predicted molar refractivity (Wildman–Crippen MR) is 124 cm³/mol. The van der Waals surface area contributed by atoms with Crippen molar-refractivity contribution in [2.75, 3.05) is 0 Å². The zero-order chi connectivity index (χ0) is 21.4. The lowest BCUT2D eigenvalue weighted by Crippen LogP contribution is -1.94. The van der Waals surface area contributed by atoms with Gasteiger partial charge in [0.2, 0.25) is 11.1 Å². The average molecular weight is 479 g/mol. The molecular formula is C21H17Cl2FN4S2. The van der Waals surface area contributed by atoms with Gasteiger partial charge in [-0.3, -0.25) is 0 Å². The van der Waals surface area contributed by atoms with E-state index in [-0.39, 0.29) is 0 Å². The molecule has 3 heterocycles. The Morgan fingerprint density at radius 3 is 2.60 bits per heavy atom. The van der Waals surface area contributed by atoms with Crippen molar-refractivity contribution in [2.24, 2.45) is 0 Å². The predicted octanol–water partition coefficient (Wildman–Crippen LogP) is 7.31. The van der Waals surface area contributed by atoms with Crippen molar-refractivity contribution in [1.29, 1.82) is 0 Å². The average Bonchev–Trinajstić information content (AvgIpc) is 3.27. The van der Waals surface area contributed by atoms with Crippen LogP contribution in [0.4, 0.5) is 4.39 Å². The molecule has 0 aliphatic carbocycles. The first-order valence-corrected chi connectivity index (χ1v) is 11.6. The van der Waals surface area contributed by atoms with Gasteiger partial charge in [0.15, 0.2) is 0 Å². The largest absolute Gasteiger partial charge is 0.228 e. The molecule has 4 aromatic rings. The molecule has 4 nitrogen and oxygen atoms in total. The summed E-state index contributed by atoms with van der Waals surface area (Å²) in [4.78, 5) is 8.47. The molecule has 0 spiro atoms. The Bertz CT molecular complexity index is 1220. The number of halogens is 3. The van der Waals surface area contributed by atoms with Crippen LogP contribution in [0.25, 0.3) is 27.5 Å². The molecule has 154 valence electrons. The van der Waals surface area contributed by atoms with E-state index in [0.717, 1.165) is 37.4 Å². The van der Waals surface area contributed by atoms with E-state index >= 15 is 0 Å². The van der Waals surface area contributed by atoms with Crippen LogP contribution >= 0.6 is 46.3 Å². The monoisotopic (exact) mass is 478 g/mol. The summed E-state index contributed by atoms with van der Waals surface area (Å²) in [6.07, 6.45) is 3.32. The topological polar surface area (TPSA) is 43.6 Å². The number of nitrogens with zero attached hydrogens (tertiary/aromatic N) is 4. The number of thiazole rings is 1. The van der Waals surface area contributed by atoms with Gasteiger partial charge in [0.05, 0.1) is 25.6 Å². The van der Waals surface area contributed by atoms with Gasteiger partial charge in [-0.05, 0) is 30.7 Å². The molecule has 9 heteroatoms. The molecule has 4 rings (SSSR count). The maximum absolute atomic E-state index is 13.6. The Morgan fingerprint density at radius 2 is 1.90 bits per heavy atom. The van der Waals surface area contributed by atoms with Crippen LogP contribution in [0.1, 0.15) is 19.5 Å². The van der Waals surface area contributed by atoms with Crippen molar-refractivity contribution in [2.45, 2.75) is 30.2 Å². The lowest BCUT2D eigenvalue weighted by Gasteiger charge is -2.05. The third-order valence-electron chi connectivity index (χ3n) is 4.25. The highest BCUT2D eigenvalue weighted by molar-refractivity contribution is 8.01. The van der Waals surface area contributed by atoms with Crippen LogP contribution in [0.2, 0.25) is 10.0 Å². The summed E-state index contributed by atoms with van der Waals surface area (Å²) in [5.41, 5.74) is 4.09. The van der Waals surface area contributed by atoms with Crippen molar-refractivity contribution in [3.63, 3.8) is 0 Å². The molecule has 0 unspecified atom stereocenters. The first-order valence-electron chi connectivity index (χ1n) is 9.13. The van der Waals surface area contributed by atoms with E-state index < -0.39 is 5.95 Å². The second-order valence-corrected chi connectivity index (χ2v) is 10.5. The molecule has 0 aliphatic heterocycles. The number of aromatic nitrogens is 4. The van der Waals surface area contributed by atoms with Crippen molar-refractivity contribution in [3.05, 3.63) is 64.4 Å². The summed E-state index contributed by atoms with van der Waals surface area (Å²) in [6, 6.07) is 8.68. The second-order valence-electron chi connectivity index (χ2n) is 6.87. The molecule has 3 aromatic heterocycles. The van der Waals surface area contributed by atoms with Crippen molar-refractivity contribution in [3.8, 4) is 27.5 Å². The molecule has 0 saturated carbocycles. The van der Waals surface area contributed by atoms with Crippen LogP contribution in [0.5, 0.6) is 0 Å². The van der Waals surface area contributed by atoms with Crippen LogP contribution in [0.15, 0.2) is 46.9 Å². The minimum absolute atomic E-state index is 0.384. The van der Waals surface area contributed by atoms with Gasteiger partial charge in [-0.1, -0.05) is 54.5 Å². The van der Waals surface area contributed by atoms with Crippen LogP contribution in [0.3, 0.4) is 0 Å². The van der Waals surface area contributed by atoms with E-state index in [4.69, 9.17) is 28.2 Å². The fraction of sp³-hybridized carbons (Fsp3) is 0.190. The number of hydrogen-bond donors (Lipinski definition) is 0. The summed E-state index contributed by atoms with van der Waals surface area (Å²) in [5.74, 6) is -0.522. The zero-order valence-corrected chi connectivity index (χ0v) is 19.5. The molecule has 1 aromatic carbocycles. The Hall–Kier alpha value is -1.93. The quantitative estimate of drug-likeness (QED) is 0.222. The molecule has 0 saturated heterocycles. The van der Waals surface area contributed by atoms with Crippen molar-refractivity contribution < 1.29 is 4.39 Å². The number of hydrogen-bond acceptors (Lipinski definition) is 5. The fourth-order valence-corrected chi connectivity index (χ4v) is 5.67. The Labute approximate surface area is 192 Å². The maximum atomic E-state index is 13.6. The molecule has 0 N–H and O–H groups in total. The number of pyridine rings is 1. The summed E-state index contributed by atoms with van der Waals surface area (Å²) in [7, 11) is 0. The van der Waals surface area contributed by atoms with E-state index in [2.05, 4.69) is 23.9 Å². The van der Waals surface area contributed by atoms with Gasteiger partial charge in [0.1, 0.15) is 0 Å². The van der Waals surface area contributed by atoms with Crippen molar-refractivity contribution in [1.82, 2.24) is 19.7 Å². The van der Waals surface area contributed by atoms with Gasteiger partial charge in [0.25, 0.3) is 0 Å². The Balaban J connectivity index is 1.79. The number of benzene rings is 1. The summed E-state index contributed by atoms with van der Waals surface area (Å²) in [6.45, 7) is 6.16. The van der Waals surface area contributed by atoms with Gasteiger partial charge in [-0.2, -0.15) is 9.49 Å². The van der Waals surface area contributed by atoms with E-state index in [1.54, 1.807) is 39.9 Å². The van der Waals surface area contributed by atoms with Crippen molar-refractivity contribution >= 4 is 46.3 Å². The minimum Gasteiger partial charge on any atom is -0.228 e. The highest BCUT2D eigenvalue weighted by Crippen LogP contribution is 2.41. The zero-order valence-electron chi connectivity index (χ0n) is 16.4. The standard InChI is InChI=1S/C21H17Cl2FN4S2/c1-11(2)29-20-19(14-4-5-16(22)17(23)8-14)26-21(30-20)28-10-15(12(3)27-28)13-6-7-25-18(24)9-13/h4-11H,1-3H3. The van der Waals surface area contributed by atoms with Gasteiger partial charge < -0.3 is 0 Å². The molecule has 0 amide bonds. The lowest BCUT2D eigenvalue weighted by molar-refractivity contribution is 0.584. The molecule has 30 heavy (non-hydrogen) atoms. The summed E-state index contributed by atoms with van der Waals surface area (Å²) < 4.78 is 16.4. The maximum Gasteiger partial charge on any atom is 0.213 e. The minimum atomic E-state index is -0.522. The molecular weight excluding hydrogens is 462 g/mol. The normalized spacial score (nSPS) is 11.4. The van der Waals surface area contributed by atoms with Gasteiger partial charge in [0, 0.05) is 34.8 Å². The molecule has 0 aliphatic rings. The van der Waals surface area contributed by atoms with Crippen LogP contribution < -0.4 is 0 Å². The van der Waals surface area contributed by atoms with Crippen LogP contribution in [-0.4, -0.2) is 25.0 Å². The Kier molecular flexibility index (Phi) is 6.16. The molecule has 0 radical (unpaired) electrons. The van der Waals surface area contributed by atoms with E-state index in [1.807, 2.05) is 25.3 Å². The SMILES string of the molecule is Cc1nn(-c2nc(-c3ccc(Cl)c(Cl)c3)c(SC(C)C)s2)cc1-c1ccnc(F)c1. The molecule has 0 bridgehead atoms. The second kappa shape index (κ2) is 8.67. The molecule has 0 atom stereocenters. The number of thioether (sulfide) groups is 1. The van der Waals surface area contributed by atoms with Gasteiger partial charge >= 0.3 is 0 Å². The number of aryl methyl sites for hydroxylation is 1. The molecule has 0 fully saturated rings. The smallest absolute Gasteiger partial charge is 0.213 e. The van der Waals surface area contributed by atoms with Crippen LogP contribution in [-0.2, 0) is 0 Å². The third-order valence-corrected chi connectivity index (χ3v) is 7.25.